The molecule has 0 aliphatic carbocycles. The van der Waals surface area contributed by atoms with Gasteiger partial charge in [0.05, 0.1) is 19.3 Å². The second-order valence-corrected chi connectivity index (χ2v) is 8.18. The molecule has 4 heterocycles. The largest absolute Gasteiger partial charge is 0.497 e. The molecule has 1 aliphatic rings. The molecule has 0 saturated heterocycles. The highest BCUT2D eigenvalue weighted by molar-refractivity contribution is 5.78. The van der Waals surface area contributed by atoms with Crippen molar-refractivity contribution in [2.45, 2.75) is 6.54 Å². The molecule has 172 valence electrons. The van der Waals surface area contributed by atoms with Crippen LogP contribution < -0.4 is 25.5 Å². The van der Waals surface area contributed by atoms with Crippen LogP contribution in [-0.2, 0) is 20.6 Å². The van der Waals surface area contributed by atoms with Gasteiger partial charge in [0.1, 0.15) is 5.75 Å². The highest BCUT2D eigenvalue weighted by Gasteiger charge is 2.22. The van der Waals surface area contributed by atoms with Crippen molar-refractivity contribution in [3.8, 4) is 28.5 Å². The van der Waals surface area contributed by atoms with Gasteiger partial charge in [-0.2, -0.15) is 4.98 Å². The Bertz CT molecular complexity index is 1720. The van der Waals surface area contributed by atoms with Gasteiger partial charge in [-0.05, 0) is 29.8 Å². The average Bonchev–Trinajstić information content (AvgIpc) is 3.56. The van der Waals surface area contributed by atoms with E-state index in [1.807, 2.05) is 53.2 Å². The van der Waals surface area contributed by atoms with E-state index in [2.05, 4.69) is 0 Å². The van der Waals surface area contributed by atoms with Crippen molar-refractivity contribution < 1.29 is 14.2 Å². The third-order valence-electron chi connectivity index (χ3n) is 6.20. The van der Waals surface area contributed by atoms with E-state index in [1.165, 1.54) is 11.6 Å². The Hall–Kier alpha value is -4.47. The first kappa shape index (κ1) is 20.2. The molecule has 0 fully saturated rings. The van der Waals surface area contributed by atoms with Crippen molar-refractivity contribution >= 4 is 16.9 Å². The fraction of sp³-hybridized carbons (Fsp3) is 0.208. The van der Waals surface area contributed by atoms with Gasteiger partial charge in [-0.3, -0.25) is 18.3 Å². The van der Waals surface area contributed by atoms with Gasteiger partial charge in [-0.15, -0.1) is 0 Å². The van der Waals surface area contributed by atoms with Crippen LogP contribution in [0.15, 0.2) is 58.3 Å². The van der Waals surface area contributed by atoms with E-state index in [-0.39, 0.29) is 6.79 Å². The van der Waals surface area contributed by atoms with Crippen molar-refractivity contribution in [3.63, 3.8) is 0 Å². The van der Waals surface area contributed by atoms with Gasteiger partial charge in [0, 0.05) is 25.9 Å². The third-order valence-corrected chi connectivity index (χ3v) is 6.20. The topological polar surface area (TPSA) is 93.9 Å². The Morgan fingerprint density at radius 1 is 1.03 bits per heavy atom. The van der Waals surface area contributed by atoms with Crippen LogP contribution in [0.3, 0.4) is 0 Å². The molecule has 3 aromatic heterocycles. The summed E-state index contributed by atoms with van der Waals surface area (Å²) in [5.41, 5.74) is 2.57. The first-order chi connectivity index (χ1) is 16.5. The Morgan fingerprint density at radius 3 is 2.68 bits per heavy atom. The van der Waals surface area contributed by atoms with Crippen LogP contribution in [0.1, 0.15) is 5.56 Å². The van der Waals surface area contributed by atoms with Gasteiger partial charge in [-0.25, -0.2) is 4.79 Å². The SMILES string of the molecule is COc1cccc(-c2cn3c4c(=O)n(C)c(=O)n(C)c4nc3n2Cc2ccc3c(c2)OCO3)c1. The predicted octanol–water partition coefficient (Wildman–Crippen LogP) is 2.14. The number of aryl methyl sites for hydroxylation is 1. The van der Waals surface area contributed by atoms with E-state index in [1.54, 1.807) is 18.6 Å². The summed E-state index contributed by atoms with van der Waals surface area (Å²) < 4.78 is 22.6. The standard InChI is InChI=1S/C24H21N5O5/c1-26-21-20(22(30)27(2)24(26)31)29-12-17(15-5-4-6-16(10-15)32-3)28(23(29)25-21)11-14-7-8-18-19(9-14)34-13-33-18/h4-10,12H,11,13H2,1-3H3. The molecule has 0 amide bonds. The van der Waals surface area contributed by atoms with Gasteiger partial charge in [0.15, 0.2) is 22.7 Å². The molecule has 0 saturated carbocycles. The highest BCUT2D eigenvalue weighted by atomic mass is 16.7. The molecule has 34 heavy (non-hydrogen) atoms. The fourth-order valence-electron chi connectivity index (χ4n) is 4.41. The van der Waals surface area contributed by atoms with Crippen molar-refractivity contribution in [1.29, 1.82) is 0 Å². The molecule has 0 radical (unpaired) electrons. The minimum absolute atomic E-state index is 0.199. The van der Waals surface area contributed by atoms with Gasteiger partial charge in [-0.1, -0.05) is 18.2 Å². The Labute approximate surface area is 192 Å². The zero-order chi connectivity index (χ0) is 23.6. The first-order valence-corrected chi connectivity index (χ1v) is 10.7. The van der Waals surface area contributed by atoms with E-state index in [0.29, 0.717) is 40.7 Å². The summed E-state index contributed by atoms with van der Waals surface area (Å²) in [6, 6.07) is 13.5. The van der Waals surface area contributed by atoms with Gasteiger partial charge in [0.2, 0.25) is 12.6 Å². The number of nitrogens with zero attached hydrogens (tertiary/aromatic N) is 5. The number of imidazole rings is 2. The molecule has 0 spiro atoms. The molecule has 5 aromatic rings. The smallest absolute Gasteiger partial charge is 0.332 e. The van der Waals surface area contributed by atoms with Crippen LogP contribution >= 0.6 is 0 Å². The lowest BCUT2D eigenvalue weighted by Gasteiger charge is -2.11. The normalized spacial score (nSPS) is 12.7. The van der Waals surface area contributed by atoms with Crippen LogP contribution in [0, 0.1) is 0 Å². The lowest BCUT2D eigenvalue weighted by atomic mass is 10.1. The number of fused-ring (bicyclic) bond motifs is 4. The summed E-state index contributed by atoms with van der Waals surface area (Å²) in [4.78, 5) is 30.2. The van der Waals surface area contributed by atoms with Crippen LogP contribution in [-0.4, -0.2) is 37.0 Å². The Morgan fingerprint density at radius 2 is 1.85 bits per heavy atom. The van der Waals surface area contributed by atoms with E-state index in [0.717, 1.165) is 21.4 Å². The number of benzene rings is 2. The second-order valence-electron chi connectivity index (χ2n) is 8.18. The van der Waals surface area contributed by atoms with Gasteiger partial charge < -0.3 is 18.8 Å². The first-order valence-electron chi connectivity index (χ1n) is 10.7. The quantitative estimate of drug-likeness (QED) is 0.409. The van der Waals surface area contributed by atoms with E-state index in [9.17, 15) is 9.59 Å². The molecule has 6 rings (SSSR count). The molecule has 10 heteroatoms. The van der Waals surface area contributed by atoms with Gasteiger partial charge >= 0.3 is 5.69 Å². The molecule has 0 N–H and O–H groups in total. The molecule has 10 nitrogen and oxygen atoms in total. The van der Waals surface area contributed by atoms with Crippen molar-refractivity contribution in [2.75, 3.05) is 13.9 Å². The summed E-state index contributed by atoms with van der Waals surface area (Å²) >= 11 is 0. The monoisotopic (exact) mass is 459 g/mol. The van der Waals surface area contributed by atoms with Crippen LogP contribution in [0.4, 0.5) is 0 Å². The molecule has 1 aliphatic heterocycles. The van der Waals surface area contributed by atoms with Crippen molar-refractivity contribution in [2.24, 2.45) is 14.1 Å². The third kappa shape index (κ3) is 2.84. The lowest BCUT2D eigenvalue weighted by molar-refractivity contribution is 0.174. The number of methoxy groups -OCH3 is 1. The maximum atomic E-state index is 13.0. The number of aromatic nitrogens is 5. The van der Waals surface area contributed by atoms with E-state index >= 15 is 0 Å². The number of rotatable bonds is 4. The number of ether oxygens (including phenoxy) is 3. The zero-order valence-electron chi connectivity index (χ0n) is 18.8. The zero-order valence-corrected chi connectivity index (χ0v) is 18.8. The number of hydrogen-bond donors (Lipinski definition) is 0. The van der Waals surface area contributed by atoms with Crippen LogP contribution in [0.5, 0.6) is 17.2 Å². The molecular weight excluding hydrogens is 438 g/mol. The van der Waals surface area contributed by atoms with Crippen LogP contribution in [0.25, 0.3) is 28.2 Å². The lowest BCUT2D eigenvalue weighted by Crippen LogP contribution is -2.37. The van der Waals surface area contributed by atoms with Crippen LogP contribution in [0.2, 0.25) is 0 Å². The minimum atomic E-state index is -0.423. The highest BCUT2D eigenvalue weighted by Crippen LogP contribution is 2.34. The predicted molar refractivity (Wildman–Crippen MR) is 125 cm³/mol. The average molecular weight is 459 g/mol. The van der Waals surface area contributed by atoms with E-state index < -0.39 is 11.2 Å². The van der Waals surface area contributed by atoms with Gasteiger partial charge in [0.25, 0.3) is 5.56 Å². The summed E-state index contributed by atoms with van der Waals surface area (Å²) in [5.74, 6) is 2.66. The molecular formula is C24H21N5O5. The van der Waals surface area contributed by atoms with E-state index in [4.69, 9.17) is 19.2 Å². The maximum absolute atomic E-state index is 13.0. The summed E-state index contributed by atoms with van der Waals surface area (Å²) in [6.45, 7) is 0.655. The number of hydrogen-bond acceptors (Lipinski definition) is 6. The van der Waals surface area contributed by atoms with Crippen molar-refractivity contribution in [3.05, 3.63) is 75.1 Å². The molecule has 0 atom stereocenters. The summed E-state index contributed by atoms with van der Waals surface area (Å²) in [7, 11) is 4.70. The summed E-state index contributed by atoms with van der Waals surface area (Å²) in [5, 5.41) is 0. The minimum Gasteiger partial charge on any atom is -0.497 e. The maximum Gasteiger partial charge on any atom is 0.332 e. The molecule has 0 unspecified atom stereocenters. The Balaban J connectivity index is 1.64. The molecule has 2 aromatic carbocycles. The fourth-order valence-corrected chi connectivity index (χ4v) is 4.41. The van der Waals surface area contributed by atoms with Crippen molar-refractivity contribution in [1.82, 2.24) is 23.1 Å². The Kier molecular flexibility index (Phi) is 4.31. The molecule has 0 bridgehead atoms. The summed E-state index contributed by atoms with van der Waals surface area (Å²) in [6.07, 6.45) is 1.87. The second kappa shape index (κ2) is 7.27.